The largest absolute Gasteiger partial charge is 0.478 e. The number of anilines is 2. The molecule has 21 heavy (non-hydrogen) atoms. The van der Waals surface area contributed by atoms with Crippen LogP contribution in [0, 0.1) is 0 Å². The van der Waals surface area contributed by atoms with E-state index in [0.717, 1.165) is 50.9 Å². The fraction of sp³-hybridized carbons (Fsp3) is 0.562. The van der Waals surface area contributed by atoms with Gasteiger partial charge >= 0.3 is 5.97 Å². The molecule has 0 atom stereocenters. The summed E-state index contributed by atoms with van der Waals surface area (Å²) in [5.41, 5.74) is 13.4. The van der Waals surface area contributed by atoms with Gasteiger partial charge in [-0.1, -0.05) is 19.9 Å². The van der Waals surface area contributed by atoms with E-state index in [1.165, 1.54) is 0 Å². The lowest BCUT2D eigenvalue weighted by Crippen LogP contribution is -2.27. The number of benzene rings is 1. The second-order valence-electron chi connectivity index (χ2n) is 5.35. The number of rotatable bonds is 9. The van der Waals surface area contributed by atoms with Crippen molar-refractivity contribution >= 4 is 17.3 Å². The number of hydrogen-bond acceptors (Lipinski definition) is 4. The smallest absolute Gasteiger partial charge is 0.337 e. The van der Waals surface area contributed by atoms with Crippen molar-refractivity contribution in [3.63, 3.8) is 0 Å². The van der Waals surface area contributed by atoms with E-state index in [9.17, 15) is 4.79 Å². The quantitative estimate of drug-likeness (QED) is 0.609. The minimum Gasteiger partial charge on any atom is -0.478 e. The minimum absolute atomic E-state index is 0.0786. The molecule has 0 aliphatic heterocycles. The third-order valence-electron chi connectivity index (χ3n) is 3.61. The molecule has 1 rings (SSSR count). The molecule has 0 saturated heterocycles. The van der Waals surface area contributed by atoms with Crippen molar-refractivity contribution in [1.29, 1.82) is 0 Å². The average molecular weight is 293 g/mol. The van der Waals surface area contributed by atoms with E-state index in [1.54, 1.807) is 12.1 Å². The molecule has 0 fully saturated rings. The maximum atomic E-state index is 11.0. The Morgan fingerprint density at radius 3 is 2.24 bits per heavy atom. The van der Waals surface area contributed by atoms with Crippen LogP contribution in [0.1, 0.15) is 49.0 Å². The number of hydrogen-bond donors (Lipinski definition) is 3. The van der Waals surface area contributed by atoms with Gasteiger partial charge in [0.25, 0.3) is 0 Å². The predicted molar refractivity (Wildman–Crippen MR) is 87.6 cm³/mol. The lowest BCUT2D eigenvalue weighted by atomic mass is 10.0. The summed E-state index contributed by atoms with van der Waals surface area (Å²) in [5, 5.41) is 9.01. The number of carboxylic acid groups (broad SMARTS) is 1. The van der Waals surface area contributed by atoms with Crippen LogP contribution in [-0.4, -0.2) is 35.6 Å². The monoisotopic (exact) mass is 293 g/mol. The van der Waals surface area contributed by atoms with Gasteiger partial charge in [0.1, 0.15) is 0 Å². The summed E-state index contributed by atoms with van der Waals surface area (Å²) in [6, 6.07) is 3.32. The molecule has 0 aliphatic carbocycles. The number of aryl methyl sites for hydroxylation is 1. The molecule has 0 radical (unpaired) electrons. The molecular weight excluding hydrogens is 266 g/mol. The van der Waals surface area contributed by atoms with Crippen LogP contribution in [0.4, 0.5) is 11.4 Å². The number of nitrogens with two attached hydrogens (primary N) is 2. The topological polar surface area (TPSA) is 92.6 Å². The third-order valence-corrected chi connectivity index (χ3v) is 3.61. The molecule has 0 aliphatic rings. The van der Waals surface area contributed by atoms with Crippen LogP contribution in [-0.2, 0) is 6.42 Å². The third kappa shape index (κ3) is 4.93. The SMILES string of the molecule is CCCN(CCC)CCCc1ccc(C(=O)O)c(N)c1N. The van der Waals surface area contributed by atoms with Gasteiger partial charge in [0.2, 0.25) is 0 Å². The summed E-state index contributed by atoms with van der Waals surface area (Å²) in [7, 11) is 0. The van der Waals surface area contributed by atoms with Crippen molar-refractivity contribution in [3.8, 4) is 0 Å². The van der Waals surface area contributed by atoms with Crippen LogP contribution in [0.3, 0.4) is 0 Å². The van der Waals surface area contributed by atoms with Crippen LogP contribution in [0.25, 0.3) is 0 Å². The molecule has 0 aromatic heterocycles. The zero-order valence-corrected chi connectivity index (χ0v) is 13.1. The highest BCUT2D eigenvalue weighted by Crippen LogP contribution is 2.25. The van der Waals surface area contributed by atoms with Gasteiger partial charge < -0.3 is 21.5 Å². The summed E-state index contributed by atoms with van der Waals surface area (Å²) >= 11 is 0. The lowest BCUT2D eigenvalue weighted by molar-refractivity contribution is 0.0698. The second-order valence-corrected chi connectivity index (χ2v) is 5.35. The molecule has 118 valence electrons. The molecule has 0 saturated carbocycles. The summed E-state index contributed by atoms with van der Waals surface area (Å²) in [6.07, 6.45) is 4.13. The van der Waals surface area contributed by atoms with Gasteiger partial charge in [0.15, 0.2) is 0 Å². The van der Waals surface area contributed by atoms with Crippen molar-refractivity contribution in [2.45, 2.75) is 39.5 Å². The maximum absolute atomic E-state index is 11.0. The Morgan fingerprint density at radius 1 is 1.10 bits per heavy atom. The number of carbonyl (C=O) groups is 1. The summed E-state index contributed by atoms with van der Waals surface area (Å²) in [5.74, 6) is -1.04. The van der Waals surface area contributed by atoms with Crippen LogP contribution in [0.15, 0.2) is 12.1 Å². The van der Waals surface area contributed by atoms with Crippen LogP contribution in [0.2, 0.25) is 0 Å². The van der Waals surface area contributed by atoms with Gasteiger partial charge in [-0.2, -0.15) is 0 Å². The molecule has 1 aromatic carbocycles. The van der Waals surface area contributed by atoms with Gasteiger partial charge in [-0.15, -0.1) is 0 Å². The number of nitrogen functional groups attached to an aromatic ring is 2. The van der Waals surface area contributed by atoms with Crippen molar-refractivity contribution < 1.29 is 9.90 Å². The summed E-state index contributed by atoms with van der Waals surface area (Å²) in [6.45, 7) is 7.63. The molecular formula is C16H27N3O2. The highest BCUT2D eigenvalue weighted by atomic mass is 16.4. The van der Waals surface area contributed by atoms with E-state index in [2.05, 4.69) is 18.7 Å². The molecule has 5 heteroatoms. The molecule has 0 amide bonds. The Hall–Kier alpha value is -1.75. The standard InChI is InChI=1S/C16H27N3O2/c1-3-9-19(10-4-2)11-5-6-12-7-8-13(16(20)21)15(18)14(12)17/h7-8H,3-6,9-11,17-18H2,1-2H3,(H,20,21). The van der Waals surface area contributed by atoms with E-state index in [0.29, 0.717) is 5.69 Å². The second kappa shape index (κ2) is 8.52. The first-order valence-electron chi connectivity index (χ1n) is 7.63. The van der Waals surface area contributed by atoms with E-state index in [1.807, 2.05) is 0 Å². The number of nitrogens with zero attached hydrogens (tertiary/aromatic N) is 1. The zero-order chi connectivity index (χ0) is 15.8. The van der Waals surface area contributed by atoms with Crippen molar-refractivity contribution in [1.82, 2.24) is 4.90 Å². The fourth-order valence-electron chi connectivity index (χ4n) is 2.55. The molecule has 0 bridgehead atoms. The van der Waals surface area contributed by atoms with E-state index in [4.69, 9.17) is 16.6 Å². The summed E-state index contributed by atoms with van der Waals surface area (Å²) in [4.78, 5) is 13.4. The number of carboxylic acids is 1. The van der Waals surface area contributed by atoms with Crippen molar-refractivity contribution in [2.75, 3.05) is 31.1 Å². The minimum atomic E-state index is -1.04. The van der Waals surface area contributed by atoms with Gasteiger partial charge in [0, 0.05) is 0 Å². The molecule has 5 N–H and O–H groups in total. The van der Waals surface area contributed by atoms with Crippen LogP contribution in [0.5, 0.6) is 0 Å². The van der Waals surface area contributed by atoms with E-state index < -0.39 is 5.97 Å². The summed E-state index contributed by atoms with van der Waals surface area (Å²) < 4.78 is 0. The first-order chi connectivity index (χ1) is 10.0. The normalized spacial score (nSPS) is 11.0. The Bertz CT molecular complexity index is 469. The average Bonchev–Trinajstić information content (AvgIpc) is 2.43. The van der Waals surface area contributed by atoms with Crippen LogP contribution >= 0.6 is 0 Å². The molecule has 0 heterocycles. The van der Waals surface area contributed by atoms with Crippen LogP contribution < -0.4 is 11.5 Å². The van der Waals surface area contributed by atoms with E-state index >= 15 is 0 Å². The highest BCUT2D eigenvalue weighted by Gasteiger charge is 2.13. The maximum Gasteiger partial charge on any atom is 0.337 e. The predicted octanol–water partition coefficient (Wildman–Crippen LogP) is 2.60. The van der Waals surface area contributed by atoms with Gasteiger partial charge in [-0.25, -0.2) is 4.79 Å². The highest BCUT2D eigenvalue weighted by molar-refractivity contribution is 5.97. The Labute approximate surface area is 126 Å². The first kappa shape index (κ1) is 17.3. The van der Waals surface area contributed by atoms with Gasteiger partial charge in [0.05, 0.1) is 16.9 Å². The molecule has 0 unspecified atom stereocenters. The lowest BCUT2D eigenvalue weighted by Gasteiger charge is -2.21. The first-order valence-corrected chi connectivity index (χ1v) is 7.63. The Morgan fingerprint density at radius 2 is 1.71 bits per heavy atom. The number of aromatic carboxylic acids is 1. The zero-order valence-electron chi connectivity index (χ0n) is 13.1. The molecule has 5 nitrogen and oxygen atoms in total. The van der Waals surface area contributed by atoms with Gasteiger partial charge in [-0.05, 0) is 56.9 Å². The molecule has 0 spiro atoms. The Kier molecular flexibility index (Phi) is 7.02. The van der Waals surface area contributed by atoms with Crippen molar-refractivity contribution in [2.24, 2.45) is 0 Å². The van der Waals surface area contributed by atoms with E-state index in [-0.39, 0.29) is 11.3 Å². The fourth-order valence-corrected chi connectivity index (χ4v) is 2.55. The molecule has 1 aromatic rings. The Balaban J connectivity index is 2.63. The van der Waals surface area contributed by atoms with Crippen molar-refractivity contribution in [3.05, 3.63) is 23.3 Å². The van der Waals surface area contributed by atoms with Gasteiger partial charge in [-0.3, -0.25) is 0 Å².